The molecule has 10 heteroatoms. The molecule has 1 aliphatic carbocycles. The van der Waals surface area contributed by atoms with Gasteiger partial charge in [-0.3, -0.25) is 14.9 Å². The van der Waals surface area contributed by atoms with E-state index in [-0.39, 0.29) is 29.3 Å². The SMILES string of the molecule is Cc1nc(NC(=O)CSc2nnnn2C)nc2c1C(=O)C[C@@H](C)C2. The van der Waals surface area contributed by atoms with Gasteiger partial charge in [-0.15, -0.1) is 5.10 Å². The minimum Gasteiger partial charge on any atom is -0.294 e. The largest absolute Gasteiger partial charge is 0.294 e. The summed E-state index contributed by atoms with van der Waals surface area (Å²) in [7, 11) is 1.70. The number of nitrogens with one attached hydrogen (secondary N) is 1. The summed E-state index contributed by atoms with van der Waals surface area (Å²) in [5.41, 5.74) is 1.93. The molecule has 126 valence electrons. The van der Waals surface area contributed by atoms with E-state index in [1.54, 1.807) is 14.0 Å². The second-order valence-corrected chi connectivity index (χ2v) is 6.76. The van der Waals surface area contributed by atoms with Crippen molar-refractivity contribution in [2.75, 3.05) is 11.1 Å². The summed E-state index contributed by atoms with van der Waals surface area (Å²) in [5.74, 6) is 0.446. The fourth-order valence-electron chi connectivity index (χ4n) is 2.65. The summed E-state index contributed by atoms with van der Waals surface area (Å²) in [4.78, 5) is 32.8. The molecular weight excluding hydrogens is 330 g/mol. The van der Waals surface area contributed by atoms with Gasteiger partial charge in [0.15, 0.2) is 5.78 Å². The zero-order valence-electron chi connectivity index (χ0n) is 13.6. The average molecular weight is 347 g/mol. The number of nitrogens with zero attached hydrogens (tertiary/aromatic N) is 6. The van der Waals surface area contributed by atoms with Crippen LogP contribution in [0.2, 0.25) is 0 Å². The second-order valence-electron chi connectivity index (χ2n) is 5.81. The summed E-state index contributed by atoms with van der Waals surface area (Å²) in [6.07, 6.45) is 1.23. The molecule has 1 atom stereocenters. The molecule has 2 heterocycles. The van der Waals surface area contributed by atoms with Crippen LogP contribution >= 0.6 is 11.8 Å². The van der Waals surface area contributed by atoms with Gasteiger partial charge >= 0.3 is 0 Å². The first-order chi connectivity index (χ1) is 11.4. The van der Waals surface area contributed by atoms with E-state index in [0.717, 1.165) is 0 Å². The topological polar surface area (TPSA) is 116 Å². The Labute approximate surface area is 142 Å². The third-order valence-corrected chi connectivity index (χ3v) is 4.69. The fourth-order valence-corrected chi connectivity index (χ4v) is 3.30. The van der Waals surface area contributed by atoms with Crippen molar-refractivity contribution in [3.63, 3.8) is 0 Å². The van der Waals surface area contributed by atoms with Crippen LogP contribution in [0.15, 0.2) is 5.16 Å². The number of thioether (sulfide) groups is 1. The molecule has 1 N–H and O–H groups in total. The van der Waals surface area contributed by atoms with Gasteiger partial charge in [0.25, 0.3) is 0 Å². The monoisotopic (exact) mass is 347 g/mol. The number of fused-ring (bicyclic) bond motifs is 1. The van der Waals surface area contributed by atoms with Crippen molar-refractivity contribution in [1.82, 2.24) is 30.2 Å². The van der Waals surface area contributed by atoms with Gasteiger partial charge in [0.05, 0.1) is 22.7 Å². The Balaban J connectivity index is 1.70. The van der Waals surface area contributed by atoms with Crippen molar-refractivity contribution in [2.24, 2.45) is 13.0 Å². The quantitative estimate of drug-likeness (QED) is 0.808. The molecule has 9 nitrogen and oxygen atoms in total. The first-order valence-corrected chi connectivity index (χ1v) is 8.48. The molecule has 3 rings (SSSR count). The van der Waals surface area contributed by atoms with Gasteiger partial charge in [-0.1, -0.05) is 18.7 Å². The summed E-state index contributed by atoms with van der Waals surface area (Å²) >= 11 is 1.22. The highest BCUT2D eigenvalue weighted by molar-refractivity contribution is 7.99. The first-order valence-electron chi connectivity index (χ1n) is 7.49. The Kier molecular flexibility index (Phi) is 4.56. The lowest BCUT2D eigenvalue weighted by Crippen LogP contribution is -2.24. The van der Waals surface area contributed by atoms with Gasteiger partial charge < -0.3 is 0 Å². The van der Waals surface area contributed by atoms with Crippen LogP contribution in [-0.2, 0) is 18.3 Å². The molecular formula is C14H17N7O2S. The summed E-state index contributed by atoms with van der Waals surface area (Å²) in [6, 6.07) is 0. The van der Waals surface area contributed by atoms with Gasteiger partial charge in [-0.2, -0.15) is 0 Å². The Morgan fingerprint density at radius 1 is 1.38 bits per heavy atom. The number of hydrogen-bond donors (Lipinski definition) is 1. The predicted molar refractivity (Wildman–Crippen MR) is 86.7 cm³/mol. The molecule has 0 saturated carbocycles. The van der Waals surface area contributed by atoms with Gasteiger partial charge in [-0.25, -0.2) is 14.6 Å². The maximum Gasteiger partial charge on any atom is 0.237 e. The second kappa shape index (κ2) is 6.63. The molecule has 1 aliphatic rings. The fraction of sp³-hybridized carbons (Fsp3) is 0.500. The normalized spacial score (nSPS) is 16.8. The van der Waals surface area contributed by atoms with E-state index in [2.05, 4.69) is 30.8 Å². The Morgan fingerprint density at radius 3 is 2.88 bits per heavy atom. The molecule has 0 radical (unpaired) electrons. The lowest BCUT2D eigenvalue weighted by atomic mass is 9.86. The van der Waals surface area contributed by atoms with E-state index >= 15 is 0 Å². The molecule has 1 amide bonds. The summed E-state index contributed by atoms with van der Waals surface area (Å²) in [5, 5.41) is 14.2. The maximum atomic E-state index is 12.1. The van der Waals surface area contributed by atoms with E-state index in [1.165, 1.54) is 16.4 Å². The third kappa shape index (κ3) is 3.42. The molecule has 2 aromatic heterocycles. The molecule has 0 bridgehead atoms. The van der Waals surface area contributed by atoms with E-state index in [4.69, 9.17) is 0 Å². The van der Waals surface area contributed by atoms with Gasteiger partial charge in [0.2, 0.25) is 17.0 Å². The Bertz CT molecular complexity index is 804. The van der Waals surface area contributed by atoms with Crippen molar-refractivity contribution in [3.8, 4) is 0 Å². The number of Topliss-reactive ketones (excluding diaryl/α,β-unsaturated/α-hetero) is 1. The van der Waals surface area contributed by atoms with Crippen LogP contribution in [0.1, 0.15) is 35.1 Å². The van der Waals surface area contributed by atoms with Crippen LogP contribution in [0, 0.1) is 12.8 Å². The number of ketones is 1. The number of carbonyl (C=O) groups excluding carboxylic acids is 2. The highest BCUT2D eigenvalue weighted by Gasteiger charge is 2.26. The van der Waals surface area contributed by atoms with E-state index in [9.17, 15) is 9.59 Å². The molecule has 0 spiro atoms. The van der Waals surface area contributed by atoms with Crippen LogP contribution in [0.3, 0.4) is 0 Å². The number of anilines is 1. The number of aryl methyl sites for hydroxylation is 2. The van der Waals surface area contributed by atoms with Gasteiger partial charge in [0.1, 0.15) is 0 Å². The minimum absolute atomic E-state index is 0.0736. The van der Waals surface area contributed by atoms with Crippen molar-refractivity contribution >= 4 is 29.4 Å². The smallest absolute Gasteiger partial charge is 0.237 e. The zero-order chi connectivity index (χ0) is 17.3. The molecule has 0 fully saturated rings. The van der Waals surface area contributed by atoms with E-state index < -0.39 is 0 Å². The molecule has 0 aliphatic heterocycles. The highest BCUT2D eigenvalue weighted by Crippen LogP contribution is 2.26. The van der Waals surface area contributed by atoms with Crippen molar-refractivity contribution in [2.45, 2.75) is 31.8 Å². The van der Waals surface area contributed by atoms with Crippen LogP contribution < -0.4 is 5.32 Å². The highest BCUT2D eigenvalue weighted by atomic mass is 32.2. The van der Waals surface area contributed by atoms with E-state index in [1.807, 2.05) is 6.92 Å². The molecule has 0 aromatic carbocycles. The van der Waals surface area contributed by atoms with Gasteiger partial charge in [-0.05, 0) is 29.7 Å². The Hall–Kier alpha value is -2.36. The maximum absolute atomic E-state index is 12.1. The van der Waals surface area contributed by atoms with E-state index in [0.29, 0.717) is 34.9 Å². The van der Waals surface area contributed by atoms with Crippen LogP contribution in [0.5, 0.6) is 0 Å². The van der Waals surface area contributed by atoms with Crippen molar-refractivity contribution in [1.29, 1.82) is 0 Å². The van der Waals surface area contributed by atoms with Crippen LogP contribution in [0.25, 0.3) is 0 Å². The third-order valence-electron chi connectivity index (χ3n) is 3.68. The number of carbonyl (C=O) groups is 2. The number of rotatable bonds is 4. The average Bonchev–Trinajstić information content (AvgIpc) is 2.89. The number of amides is 1. The zero-order valence-corrected chi connectivity index (χ0v) is 14.4. The van der Waals surface area contributed by atoms with Crippen LogP contribution in [-0.4, -0.2) is 47.6 Å². The minimum atomic E-state index is -0.252. The predicted octanol–water partition coefficient (Wildman–Crippen LogP) is 0.804. The standard InChI is InChI=1S/C14H17N7O2S/c1-7-4-9-12(10(22)5-7)8(2)15-13(16-9)17-11(23)6-24-14-18-19-20-21(14)3/h7H,4-6H2,1-3H3,(H,15,16,17,23)/t7-/m0/s1. The lowest BCUT2D eigenvalue weighted by Gasteiger charge is -2.21. The van der Waals surface area contributed by atoms with Crippen molar-refractivity contribution < 1.29 is 9.59 Å². The van der Waals surface area contributed by atoms with Gasteiger partial charge in [0, 0.05) is 13.5 Å². The molecule has 0 unspecified atom stereocenters. The Morgan fingerprint density at radius 2 is 2.17 bits per heavy atom. The van der Waals surface area contributed by atoms with Crippen molar-refractivity contribution in [3.05, 3.63) is 17.0 Å². The lowest BCUT2D eigenvalue weighted by molar-refractivity contribution is -0.113. The van der Waals surface area contributed by atoms with Crippen LogP contribution in [0.4, 0.5) is 5.95 Å². The molecule has 2 aromatic rings. The number of aromatic nitrogens is 6. The number of tetrazole rings is 1. The molecule has 0 saturated heterocycles. The summed E-state index contributed by atoms with van der Waals surface area (Å²) in [6.45, 7) is 3.78. The number of hydrogen-bond acceptors (Lipinski definition) is 8. The molecule has 24 heavy (non-hydrogen) atoms. The first kappa shape index (κ1) is 16.5. The summed E-state index contributed by atoms with van der Waals surface area (Å²) < 4.78 is 1.49.